The van der Waals surface area contributed by atoms with Crippen molar-refractivity contribution in [3.05, 3.63) is 0 Å². The second kappa shape index (κ2) is 2.93. The third kappa shape index (κ3) is 4.11. The summed E-state index contributed by atoms with van der Waals surface area (Å²) in [6.07, 6.45) is -1.09. The third-order valence-corrected chi connectivity index (χ3v) is 1.39. The van der Waals surface area contributed by atoms with Gasteiger partial charge in [0.2, 0.25) is 0 Å². The Morgan fingerprint density at radius 3 is 2.22 bits per heavy atom. The molecule has 0 aromatic carbocycles. The van der Waals surface area contributed by atoms with Crippen LogP contribution in [0.3, 0.4) is 0 Å². The van der Waals surface area contributed by atoms with Crippen molar-refractivity contribution >= 4 is 13.6 Å². The fourth-order valence-corrected chi connectivity index (χ4v) is 0.599. The van der Waals surface area contributed by atoms with Crippen LogP contribution < -0.4 is 0 Å². The van der Waals surface area contributed by atoms with Gasteiger partial charge in [-0.1, -0.05) is 0 Å². The Labute approximate surface area is 50.2 Å². The zero-order chi connectivity index (χ0) is 7.49. The first-order valence-corrected chi connectivity index (χ1v) is 3.61. The second-order valence-corrected chi connectivity index (χ2v) is 3.03. The normalized spacial score (nSPS) is 16.7. The molecular weight excluding hydrogens is 151 g/mol. The first-order valence-electron chi connectivity index (χ1n) is 1.85. The summed E-state index contributed by atoms with van der Waals surface area (Å²) >= 11 is 0. The summed E-state index contributed by atoms with van der Waals surface area (Å²) in [6.45, 7) is 0. The lowest BCUT2D eigenvalue weighted by Gasteiger charge is -2.00. The lowest BCUT2D eigenvalue weighted by Crippen LogP contribution is -2.03. The number of carboxylic acids is 1. The van der Waals surface area contributed by atoms with Gasteiger partial charge < -0.3 is 10.00 Å². The minimum Gasteiger partial charge on any atom is -0.481 e. The smallest absolute Gasteiger partial charge is 0.366 e. The summed E-state index contributed by atoms with van der Waals surface area (Å²) in [5.74, 6) is -1.50. The van der Waals surface area contributed by atoms with E-state index in [1.165, 1.54) is 0 Å². The maximum Gasteiger partial charge on any atom is 0.366 e. The quantitative estimate of drug-likeness (QED) is 0.295. The van der Waals surface area contributed by atoms with Gasteiger partial charge in [-0.3, -0.25) is 9.36 Å². The molecule has 9 heavy (non-hydrogen) atoms. The molecule has 0 aliphatic rings. The van der Waals surface area contributed by atoms with Gasteiger partial charge in [0.25, 0.3) is 0 Å². The van der Waals surface area contributed by atoms with Crippen LogP contribution in [0.1, 0.15) is 0 Å². The van der Waals surface area contributed by atoms with Crippen molar-refractivity contribution < 1.29 is 29.3 Å². The summed E-state index contributed by atoms with van der Waals surface area (Å²) in [5.41, 5.74) is 0. The van der Waals surface area contributed by atoms with Crippen LogP contribution in [0.15, 0.2) is 0 Å². The highest BCUT2D eigenvalue weighted by molar-refractivity contribution is 7.53. The van der Waals surface area contributed by atoms with Crippen LogP contribution in [0, 0.1) is 0 Å². The monoisotopic (exact) mass is 156 g/mol. The van der Waals surface area contributed by atoms with Crippen molar-refractivity contribution in [2.75, 3.05) is 6.16 Å². The van der Waals surface area contributed by atoms with Crippen molar-refractivity contribution in [2.45, 2.75) is 0 Å². The molecule has 1 unspecified atom stereocenters. The van der Waals surface area contributed by atoms with Crippen molar-refractivity contribution in [2.24, 2.45) is 0 Å². The van der Waals surface area contributed by atoms with Crippen LogP contribution >= 0.6 is 7.60 Å². The molecule has 0 radical (unpaired) electrons. The van der Waals surface area contributed by atoms with Crippen molar-refractivity contribution in [3.8, 4) is 0 Å². The summed E-state index contributed by atoms with van der Waals surface area (Å²) in [7, 11) is -4.27. The molecule has 0 heterocycles. The highest BCUT2D eigenvalue weighted by Crippen LogP contribution is 2.39. The van der Waals surface area contributed by atoms with E-state index >= 15 is 0 Å². The van der Waals surface area contributed by atoms with Crippen LogP contribution in [-0.4, -0.2) is 27.4 Å². The molecule has 6 nitrogen and oxygen atoms in total. The van der Waals surface area contributed by atoms with Crippen molar-refractivity contribution in [1.29, 1.82) is 0 Å². The fraction of sp³-hybridized carbons (Fsp3) is 0.500. The molecular formula is C2H5O6P. The molecule has 0 rings (SSSR count). The molecule has 54 valence electrons. The van der Waals surface area contributed by atoms with Gasteiger partial charge in [-0.05, 0) is 0 Å². The van der Waals surface area contributed by atoms with Gasteiger partial charge in [-0.25, -0.2) is 5.26 Å². The Morgan fingerprint density at radius 2 is 2.11 bits per heavy atom. The van der Waals surface area contributed by atoms with Crippen LogP contribution in [-0.2, 0) is 14.0 Å². The average molecular weight is 156 g/mol. The van der Waals surface area contributed by atoms with Crippen LogP contribution in [0.25, 0.3) is 0 Å². The zero-order valence-electron chi connectivity index (χ0n) is 4.22. The van der Waals surface area contributed by atoms with E-state index in [-0.39, 0.29) is 0 Å². The first kappa shape index (κ1) is 8.58. The van der Waals surface area contributed by atoms with Gasteiger partial charge in [-0.2, -0.15) is 4.67 Å². The highest BCUT2D eigenvalue weighted by atomic mass is 31.2. The van der Waals surface area contributed by atoms with Gasteiger partial charge >= 0.3 is 13.6 Å². The molecule has 0 aliphatic heterocycles. The molecule has 0 aromatic rings. The molecule has 7 heteroatoms. The maximum absolute atomic E-state index is 10.1. The molecule has 0 fully saturated rings. The summed E-state index contributed by atoms with van der Waals surface area (Å²) < 4.78 is 13.1. The molecule has 0 amide bonds. The second-order valence-electron chi connectivity index (χ2n) is 1.27. The van der Waals surface area contributed by atoms with Crippen LogP contribution in [0.5, 0.6) is 0 Å². The molecule has 0 aliphatic carbocycles. The minimum absolute atomic E-state index is 1.09. The van der Waals surface area contributed by atoms with E-state index in [1.807, 2.05) is 0 Å². The zero-order valence-corrected chi connectivity index (χ0v) is 5.12. The fourth-order valence-electron chi connectivity index (χ4n) is 0.200. The van der Waals surface area contributed by atoms with Gasteiger partial charge in [0.05, 0.1) is 0 Å². The van der Waals surface area contributed by atoms with E-state index in [1.54, 1.807) is 0 Å². The lowest BCUT2D eigenvalue weighted by molar-refractivity contribution is -0.149. The molecule has 0 saturated heterocycles. The van der Waals surface area contributed by atoms with Gasteiger partial charge in [0.15, 0.2) is 0 Å². The van der Waals surface area contributed by atoms with Gasteiger partial charge in [0.1, 0.15) is 6.16 Å². The number of hydrogen-bond donors (Lipinski definition) is 3. The predicted molar refractivity (Wildman–Crippen MR) is 26.0 cm³/mol. The Bertz CT molecular complexity index is 151. The minimum atomic E-state index is -4.27. The topological polar surface area (TPSA) is 104 Å². The van der Waals surface area contributed by atoms with Crippen LogP contribution in [0.4, 0.5) is 0 Å². The average Bonchev–Trinajstić information content (AvgIpc) is 1.63. The molecule has 3 N–H and O–H groups in total. The van der Waals surface area contributed by atoms with Crippen LogP contribution in [0.2, 0.25) is 0 Å². The van der Waals surface area contributed by atoms with Crippen molar-refractivity contribution in [3.63, 3.8) is 0 Å². The lowest BCUT2D eigenvalue weighted by atomic mass is 10.8. The summed E-state index contributed by atoms with van der Waals surface area (Å²) in [6, 6.07) is 0. The number of hydrogen-bond acceptors (Lipinski definition) is 4. The van der Waals surface area contributed by atoms with Gasteiger partial charge in [-0.15, -0.1) is 0 Å². The molecule has 0 aromatic heterocycles. The Hall–Kier alpha value is -0.420. The van der Waals surface area contributed by atoms with E-state index in [9.17, 15) is 9.36 Å². The Kier molecular flexibility index (Phi) is 2.80. The number of aliphatic carboxylic acids is 1. The maximum atomic E-state index is 10.1. The largest absolute Gasteiger partial charge is 0.481 e. The number of rotatable bonds is 3. The van der Waals surface area contributed by atoms with E-state index in [0.717, 1.165) is 0 Å². The molecule has 1 atom stereocenters. The first-order chi connectivity index (χ1) is 3.98. The van der Waals surface area contributed by atoms with E-state index in [0.29, 0.717) is 0 Å². The Balaban J connectivity index is 3.88. The predicted octanol–water partition coefficient (Wildman–Crippen LogP) is -0.254. The molecule has 0 saturated carbocycles. The highest BCUT2D eigenvalue weighted by Gasteiger charge is 2.23. The van der Waals surface area contributed by atoms with Gasteiger partial charge in [0, 0.05) is 0 Å². The Morgan fingerprint density at radius 1 is 1.67 bits per heavy atom. The number of carboxylic acid groups (broad SMARTS) is 1. The van der Waals surface area contributed by atoms with E-state index in [2.05, 4.69) is 4.67 Å². The molecule has 0 spiro atoms. The molecule has 0 bridgehead atoms. The SMILES string of the molecule is O=C(O)CP(=O)(O)OO. The summed E-state index contributed by atoms with van der Waals surface area (Å²) in [4.78, 5) is 17.8. The van der Waals surface area contributed by atoms with E-state index < -0.39 is 19.7 Å². The third-order valence-electron chi connectivity index (χ3n) is 0.463. The van der Waals surface area contributed by atoms with Crippen molar-refractivity contribution in [1.82, 2.24) is 0 Å². The summed E-state index contributed by atoms with van der Waals surface area (Å²) in [5, 5.41) is 15.4. The number of carbonyl (C=O) groups is 1. The van der Waals surface area contributed by atoms with E-state index in [4.69, 9.17) is 15.3 Å². The standard InChI is InChI=1S/C2H5O6P/c3-2(4)1-9(6,7)8-5/h5H,1H2,(H,3,4)(H,6,7).